The van der Waals surface area contributed by atoms with E-state index in [0.29, 0.717) is 16.5 Å². The first-order valence-corrected chi connectivity index (χ1v) is 10.1. The van der Waals surface area contributed by atoms with Crippen LogP contribution in [0.1, 0.15) is 11.1 Å². The van der Waals surface area contributed by atoms with Crippen LogP contribution in [-0.4, -0.2) is 48.9 Å². The van der Waals surface area contributed by atoms with Crippen LogP contribution in [-0.2, 0) is 11.3 Å². The number of amides is 1. The topological polar surface area (TPSA) is 65.8 Å². The van der Waals surface area contributed by atoms with Gasteiger partial charge in [0.15, 0.2) is 5.43 Å². The highest BCUT2D eigenvalue weighted by atomic mass is 16.3. The Balaban J connectivity index is 1.36. The summed E-state index contributed by atoms with van der Waals surface area (Å²) in [6.45, 7) is 5.25. The van der Waals surface area contributed by atoms with Crippen molar-refractivity contribution >= 4 is 28.6 Å². The van der Waals surface area contributed by atoms with E-state index in [1.165, 1.54) is 24.0 Å². The molecule has 154 valence electrons. The Bertz CT molecular complexity index is 1110. The predicted octanol–water partition coefficient (Wildman–Crippen LogP) is 3.19. The van der Waals surface area contributed by atoms with Crippen LogP contribution < -0.4 is 10.7 Å². The minimum Gasteiger partial charge on any atom is -0.463 e. The third kappa shape index (κ3) is 4.84. The van der Waals surface area contributed by atoms with E-state index in [1.54, 1.807) is 18.2 Å². The first-order valence-electron chi connectivity index (χ1n) is 10.1. The van der Waals surface area contributed by atoms with E-state index < -0.39 is 0 Å². The number of piperazine rings is 1. The van der Waals surface area contributed by atoms with Gasteiger partial charge in [-0.05, 0) is 43.0 Å². The molecule has 1 aliphatic heterocycles. The van der Waals surface area contributed by atoms with Gasteiger partial charge >= 0.3 is 0 Å². The average Bonchev–Trinajstić information content (AvgIpc) is 2.76. The first kappa shape index (κ1) is 20.1. The van der Waals surface area contributed by atoms with Crippen molar-refractivity contribution in [1.29, 1.82) is 0 Å². The fourth-order valence-corrected chi connectivity index (χ4v) is 3.52. The molecule has 1 aliphatic rings. The maximum absolute atomic E-state index is 12.5. The standard InChI is InChI=1S/C24H25N3O3/c1-26-12-14-27(15-13-26)16-18-6-9-20(10-7-18)25-23(28)11-8-19-17-30-22-5-3-2-4-21(22)24(19)29/h2-11,17H,12-16H2,1H3,(H,25,28)/b11-8+. The van der Waals surface area contributed by atoms with Gasteiger partial charge in [-0.15, -0.1) is 0 Å². The largest absolute Gasteiger partial charge is 0.463 e. The van der Waals surface area contributed by atoms with Gasteiger partial charge < -0.3 is 14.6 Å². The van der Waals surface area contributed by atoms with Gasteiger partial charge in [-0.2, -0.15) is 0 Å². The van der Waals surface area contributed by atoms with Crippen molar-refractivity contribution < 1.29 is 9.21 Å². The molecule has 0 unspecified atom stereocenters. The number of carbonyl (C=O) groups is 1. The van der Waals surface area contributed by atoms with E-state index in [4.69, 9.17) is 4.42 Å². The highest BCUT2D eigenvalue weighted by Crippen LogP contribution is 2.14. The van der Waals surface area contributed by atoms with Crippen LogP contribution in [0.25, 0.3) is 17.0 Å². The van der Waals surface area contributed by atoms with Crippen molar-refractivity contribution in [1.82, 2.24) is 9.80 Å². The van der Waals surface area contributed by atoms with Crippen LogP contribution in [0.3, 0.4) is 0 Å². The second-order valence-electron chi connectivity index (χ2n) is 7.62. The Morgan fingerprint density at radius 1 is 1.07 bits per heavy atom. The Kier molecular flexibility index (Phi) is 6.07. The van der Waals surface area contributed by atoms with Gasteiger partial charge in [-0.1, -0.05) is 24.3 Å². The molecule has 1 saturated heterocycles. The number of hydrogen-bond donors (Lipinski definition) is 1. The van der Waals surface area contributed by atoms with E-state index in [2.05, 4.69) is 22.2 Å². The molecule has 30 heavy (non-hydrogen) atoms. The average molecular weight is 403 g/mol. The maximum atomic E-state index is 12.5. The number of nitrogens with zero attached hydrogens (tertiary/aromatic N) is 2. The Labute approximate surface area is 175 Å². The molecular weight excluding hydrogens is 378 g/mol. The second kappa shape index (κ2) is 9.07. The number of anilines is 1. The Morgan fingerprint density at radius 3 is 2.57 bits per heavy atom. The lowest BCUT2D eigenvalue weighted by Gasteiger charge is -2.32. The van der Waals surface area contributed by atoms with Crippen molar-refractivity contribution in [3.05, 3.63) is 82.2 Å². The number of nitrogens with one attached hydrogen (secondary N) is 1. The summed E-state index contributed by atoms with van der Waals surface area (Å²) in [4.78, 5) is 29.5. The number of rotatable bonds is 5. The van der Waals surface area contributed by atoms with Gasteiger partial charge in [0.1, 0.15) is 11.8 Å². The van der Waals surface area contributed by atoms with Crippen LogP contribution >= 0.6 is 0 Å². The van der Waals surface area contributed by atoms with Gasteiger partial charge in [0.25, 0.3) is 0 Å². The van der Waals surface area contributed by atoms with Gasteiger partial charge in [-0.25, -0.2) is 0 Å². The fourth-order valence-electron chi connectivity index (χ4n) is 3.52. The molecule has 2 heterocycles. The minimum atomic E-state index is -0.297. The van der Waals surface area contributed by atoms with E-state index >= 15 is 0 Å². The quantitative estimate of drug-likeness (QED) is 0.663. The zero-order valence-electron chi connectivity index (χ0n) is 17.0. The third-order valence-electron chi connectivity index (χ3n) is 5.34. The number of benzene rings is 2. The van der Waals surface area contributed by atoms with E-state index in [1.807, 2.05) is 30.3 Å². The summed E-state index contributed by atoms with van der Waals surface area (Å²) in [6, 6.07) is 14.9. The Morgan fingerprint density at radius 2 is 1.80 bits per heavy atom. The molecule has 1 aromatic heterocycles. The maximum Gasteiger partial charge on any atom is 0.248 e. The molecular formula is C24H25N3O3. The third-order valence-corrected chi connectivity index (χ3v) is 5.34. The van der Waals surface area contributed by atoms with Gasteiger partial charge in [0.05, 0.1) is 10.9 Å². The van der Waals surface area contributed by atoms with Crippen LogP contribution in [0.2, 0.25) is 0 Å². The monoisotopic (exact) mass is 403 g/mol. The van der Waals surface area contributed by atoms with Gasteiger partial charge in [0, 0.05) is 44.5 Å². The normalized spacial score (nSPS) is 15.6. The highest BCUT2D eigenvalue weighted by Gasteiger charge is 2.13. The first-order chi connectivity index (χ1) is 14.6. The van der Waals surface area contributed by atoms with Crippen LogP contribution in [0.15, 0.2) is 70.1 Å². The summed E-state index contributed by atoms with van der Waals surface area (Å²) < 4.78 is 5.47. The summed E-state index contributed by atoms with van der Waals surface area (Å²) in [5, 5.41) is 3.32. The molecule has 4 rings (SSSR count). The minimum absolute atomic E-state index is 0.158. The lowest BCUT2D eigenvalue weighted by atomic mass is 10.1. The number of carbonyl (C=O) groups excluding carboxylic acids is 1. The van der Waals surface area contributed by atoms with E-state index in [9.17, 15) is 9.59 Å². The summed E-state index contributed by atoms with van der Waals surface area (Å²) in [5.41, 5.74) is 2.65. The van der Waals surface area contributed by atoms with Crippen molar-refractivity contribution in [2.45, 2.75) is 6.54 Å². The zero-order valence-corrected chi connectivity index (χ0v) is 17.0. The molecule has 1 N–H and O–H groups in total. The molecule has 0 radical (unpaired) electrons. The molecule has 6 heteroatoms. The van der Waals surface area contributed by atoms with E-state index in [0.717, 1.165) is 38.4 Å². The molecule has 0 aliphatic carbocycles. The summed E-state index contributed by atoms with van der Waals surface area (Å²) in [5.74, 6) is -0.297. The number of fused-ring (bicyclic) bond motifs is 1. The van der Waals surface area contributed by atoms with E-state index in [-0.39, 0.29) is 11.3 Å². The Hall–Kier alpha value is -3.22. The molecule has 0 saturated carbocycles. The molecule has 1 fully saturated rings. The summed E-state index contributed by atoms with van der Waals surface area (Å²) in [7, 11) is 2.15. The molecule has 0 atom stereocenters. The summed E-state index contributed by atoms with van der Waals surface area (Å²) in [6.07, 6.45) is 4.20. The molecule has 6 nitrogen and oxygen atoms in total. The fraction of sp³-hybridized carbons (Fsp3) is 0.250. The van der Waals surface area contributed by atoms with Crippen LogP contribution in [0.5, 0.6) is 0 Å². The van der Waals surface area contributed by atoms with Gasteiger partial charge in [0.2, 0.25) is 5.91 Å². The zero-order chi connectivity index (χ0) is 20.9. The van der Waals surface area contributed by atoms with Gasteiger partial charge in [-0.3, -0.25) is 14.5 Å². The molecule has 1 amide bonds. The van der Waals surface area contributed by atoms with Crippen molar-refractivity contribution in [3.63, 3.8) is 0 Å². The van der Waals surface area contributed by atoms with Crippen LogP contribution in [0, 0.1) is 0 Å². The lowest BCUT2D eigenvalue weighted by molar-refractivity contribution is -0.111. The molecule has 0 bridgehead atoms. The SMILES string of the molecule is CN1CCN(Cc2ccc(NC(=O)/C=C/c3coc4ccccc4c3=O)cc2)CC1. The number of para-hydroxylation sites is 1. The second-order valence-corrected chi connectivity index (χ2v) is 7.62. The molecule has 2 aromatic carbocycles. The van der Waals surface area contributed by atoms with Crippen LogP contribution in [0.4, 0.5) is 5.69 Å². The highest BCUT2D eigenvalue weighted by molar-refractivity contribution is 6.02. The molecule has 3 aromatic rings. The number of likely N-dealkylation sites (N-methyl/N-ethyl adjacent to an activating group) is 1. The van der Waals surface area contributed by atoms with Crippen molar-refractivity contribution in [2.75, 3.05) is 38.5 Å². The lowest BCUT2D eigenvalue weighted by Crippen LogP contribution is -2.43. The number of hydrogen-bond acceptors (Lipinski definition) is 5. The summed E-state index contributed by atoms with van der Waals surface area (Å²) >= 11 is 0. The van der Waals surface area contributed by atoms with Crippen molar-refractivity contribution in [2.24, 2.45) is 0 Å². The molecule has 0 spiro atoms. The smallest absolute Gasteiger partial charge is 0.248 e. The predicted molar refractivity (Wildman–Crippen MR) is 119 cm³/mol. The van der Waals surface area contributed by atoms with Crippen molar-refractivity contribution in [3.8, 4) is 0 Å².